The molecular formula is C9H14FN. The molecule has 11 heavy (non-hydrogen) atoms. The van der Waals surface area contributed by atoms with Crippen LogP contribution in [-0.4, -0.2) is 4.57 Å². The highest BCUT2D eigenvalue weighted by molar-refractivity contribution is 5.10. The zero-order chi connectivity index (χ0) is 8.65. The molecule has 2 heteroatoms. The van der Waals surface area contributed by atoms with Gasteiger partial charge in [0.15, 0.2) is 0 Å². The third-order valence-electron chi connectivity index (χ3n) is 1.80. The molecule has 0 N–H and O–H groups in total. The molecule has 0 aliphatic heterocycles. The smallest absolute Gasteiger partial charge is 0.143 e. The Morgan fingerprint density at radius 3 is 2.09 bits per heavy atom. The lowest BCUT2D eigenvalue weighted by Crippen LogP contribution is -2.21. The summed E-state index contributed by atoms with van der Waals surface area (Å²) in [6.45, 7) is 7.96. The first-order chi connectivity index (χ1) is 4.93. The summed E-state index contributed by atoms with van der Waals surface area (Å²) in [7, 11) is 0. The summed E-state index contributed by atoms with van der Waals surface area (Å²) < 4.78 is 14.8. The van der Waals surface area contributed by atoms with E-state index in [-0.39, 0.29) is 11.4 Å². The molecule has 62 valence electrons. The first kappa shape index (κ1) is 8.31. The van der Waals surface area contributed by atoms with Gasteiger partial charge in [-0.3, -0.25) is 0 Å². The van der Waals surface area contributed by atoms with Gasteiger partial charge in [0.2, 0.25) is 0 Å². The molecule has 1 heterocycles. The van der Waals surface area contributed by atoms with Crippen LogP contribution in [0, 0.1) is 12.7 Å². The van der Waals surface area contributed by atoms with Gasteiger partial charge in [-0.1, -0.05) is 0 Å². The number of hydrogen-bond donors (Lipinski definition) is 0. The fraction of sp³-hybridized carbons (Fsp3) is 0.556. The van der Waals surface area contributed by atoms with E-state index in [9.17, 15) is 4.39 Å². The van der Waals surface area contributed by atoms with Crippen molar-refractivity contribution in [3.8, 4) is 0 Å². The molecule has 1 rings (SSSR count). The highest BCUT2D eigenvalue weighted by Gasteiger charge is 2.15. The lowest BCUT2D eigenvalue weighted by atomic mass is 10.1. The van der Waals surface area contributed by atoms with Crippen LogP contribution in [0.15, 0.2) is 12.3 Å². The molecule has 0 atom stereocenters. The van der Waals surface area contributed by atoms with E-state index in [2.05, 4.69) is 20.8 Å². The normalized spacial score (nSPS) is 12.1. The van der Waals surface area contributed by atoms with Gasteiger partial charge in [0, 0.05) is 11.7 Å². The van der Waals surface area contributed by atoms with Crippen molar-refractivity contribution in [2.45, 2.75) is 33.2 Å². The molecule has 0 amide bonds. The Hall–Kier alpha value is -0.790. The zero-order valence-electron chi connectivity index (χ0n) is 7.48. The van der Waals surface area contributed by atoms with Crippen molar-refractivity contribution in [3.63, 3.8) is 0 Å². The minimum Gasteiger partial charge on any atom is -0.344 e. The summed E-state index contributed by atoms with van der Waals surface area (Å²) in [5.74, 6) is -0.125. The average Bonchev–Trinajstić information content (AvgIpc) is 2.11. The molecule has 0 saturated heterocycles. The summed E-state index contributed by atoms with van der Waals surface area (Å²) in [5.41, 5.74) is 0.687. The van der Waals surface area contributed by atoms with E-state index in [0.29, 0.717) is 5.69 Å². The van der Waals surface area contributed by atoms with E-state index >= 15 is 0 Å². The maximum absolute atomic E-state index is 12.8. The monoisotopic (exact) mass is 155 g/mol. The number of nitrogens with zero attached hydrogens (tertiary/aromatic N) is 1. The number of halogens is 1. The molecule has 1 nitrogen and oxygen atoms in total. The van der Waals surface area contributed by atoms with E-state index < -0.39 is 0 Å². The van der Waals surface area contributed by atoms with Crippen LogP contribution in [0.25, 0.3) is 0 Å². The minimum atomic E-state index is -0.125. The van der Waals surface area contributed by atoms with Gasteiger partial charge >= 0.3 is 0 Å². The Morgan fingerprint density at radius 1 is 1.36 bits per heavy atom. The Bertz CT molecular complexity index is 255. The van der Waals surface area contributed by atoms with Crippen molar-refractivity contribution in [3.05, 3.63) is 23.8 Å². The Labute approximate surface area is 66.8 Å². The van der Waals surface area contributed by atoms with Crippen LogP contribution in [0.1, 0.15) is 26.5 Å². The molecule has 0 aliphatic rings. The van der Waals surface area contributed by atoms with Crippen LogP contribution in [-0.2, 0) is 5.54 Å². The van der Waals surface area contributed by atoms with Gasteiger partial charge in [0.25, 0.3) is 0 Å². The highest BCUT2D eigenvalue weighted by atomic mass is 19.1. The topological polar surface area (TPSA) is 4.93 Å². The first-order valence-corrected chi connectivity index (χ1v) is 3.77. The Morgan fingerprint density at radius 2 is 1.91 bits per heavy atom. The molecule has 0 aliphatic carbocycles. The largest absolute Gasteiger partial charge is 0.344 e. The molecule has 0 spiro atoms. The molecule has 0 fully saturated rings. The summed E-state index contributed by atoms with van der Waals surface area (Å²) >= 11 is 0. The third kappa shape index (κ3) is 1.44. The van der Waals surface area contributed by atoms with Crippen molar-refractivity contribution in [2.75, 3.05) is 0 Å². The van der Waals surface area contributed by atoms with Gasteiger partial charge in [-0.05, 0) is 33.8 Å². The van der Waals surface area contributed by atoms with Crippen molar-refractivity contribution >= 4 is 0 Å². The van der Waals surface area contributed by atoms with Crippen LogP contribution < -0.4 is 0 Å². The van der Waals surface area contributed by atoms with Crippen molar-refractivity contribution < 1.29 is 4.39 Å². The molecular weight excluding hydrogens is 141 g/mol. The second kappa shape index (κ2) is 2.36. The number of rotatable bonds is 0. The van der Waals surface area contributed by atoms with E-state index in [0.717, 1.165) is 0 Å². The van der Waals surface area contributed by atoms with Crippen LogP contribution in [0.3, 0.4) is 0 Å². The van der Waals surface area contributed by atoms with E-state index in [1.54, 1.807) is 13.1 Å². The Balaban J connectivity index is 3.15. The molecule has 0 unspecified atom stereocenters. The predicted molar refractivity (Wildman–Crippen MR) is 44.1 cm³/mol. The summed E-state index contributed by atoms with van der Waals surface area (Å²) in [6.07, 6.45) is 1.78. The number of aromatic nitrogens is 1. The SMILES string of the molecule is Cc1c(F)ccn1C(C)(C)C. The molecule has 1 aromatic rings. The van der Waals surface area contributed by atoms with E-state index in [1.807, 2.05) is 4.57 Å². The van der Waals surface area contributed by atoms with Gasteiger partial charge in [0.05, 0.1) is 5.69 Å². The maximum atomic E-state index is 12.8. The molecule has 0 bridgehead atoms. The summed E-state index contributed by atoms with van der Waals surface area (Å²) in [4.78, 5) is 0. The van der Waals surface area contributed by atoms with Gasteiger partial charge in [-0.2, -0.15) is 0 Å². The highest BCUT2D eigenvalue weighted by Crippen LogP contribution is 2.19. The predicted octanol–water partition coefficient (Wildman–Crippen LogP) is 2.69. The minimum absolute atomic E-state index is 0.0194. The summed E-state index contributed by atoms with van der Waals surface area (Å²) in [5, 5.41) is 0. The quantitative estimate of drug-likeness (QED) is 0.543. The zero-order valence-corrected chi connectivity index (χ0v) is 7.48. The van der Waals surface area contributed by atoms with Gasteiger partial charge in [0.1, 0.15) is 5.82 Å². The first-order valence-electron chi connectivity index (χ1n) is 3.77. The summed E-state index contributed by atoms with van der Waals surface area (Å²) in [6, 6.07) is 1.50. The van der Waals surface area contributed by atoms with Gasteiger partial charge < -0.3 is 4.57 Å². The number of hydrogen-bond acceptors (Lipinski definition) is 0. The van der Waals surface area contributed by atoms with E-state index in [1.165, 1.54) is 6.07 Å². The van der Waals surface area contributed by atoms with Gasteiger partial charge in [-0.25, -0.2) is 4.39 Å². The fourth-order valence-electron chi connectivity index (χ4n) is 1.21. The molecule has 0 radical (unpaired) electrons. The molecule has 0 aromatic carbocycles. The Kier molecular flexibility index (Phi) is 1.78. The van der Waals surface area contributed by atoms with Crippen molar-refractivity contribution in [1.82, 2.24) is 4.57 Å². The van der Waals surface area contributed by atoms with Crippen molar-refractivity contribution in [2.24, 2.45) is 0 Å². The molecule has 1 aromatic heterocycles. The third-order valence-corrected chi connectivity index (χ3v) is 1.80. The maximum Gasteiger partial charge on any atom is 0.143 e. The van der Waals surface area contributed by atoms with Gasteiger partial charge in [-0.15, -0.1) is 0 Å². The second-order valence-electron chi connectivity index (χ2n) is 3.79. The lowest BCUT2D eigenvalue weighted by molar-refractivity contribution is 0.385. The average molecular weight is 155 g/mol. The van der Waals surface area contributed by atoms with Crippen LogP contribution in [0.2, 0.25) is 0 Å². The second-order valence-corrected chi connectivity index (χ2v) is 3.79. The van der Waals surface area contributed by atoms with Crippen molar-refractivity contribution in [1.29, 1.82) is 0 Å². The van der Waals surface area contributed by atoms with Crippen LogP contribution >= 0.6 is 0 Å². The fourth-order valence-corrected chi connectivity index (χ4v) is 1.21. The molecule has 0 saturated carbocycles. The standard InChI is InChI=1S/C9H14FN/c1-7-8(10)5-6-11(7)9(2,3)4/h5-6H,1-4H3. The van der Waals surface area contributed by atoms with Crippen LogP contribution in [0.4, 0.5) is 4.39 Å². The van der Waals surface area contributed by atoms with E-state index in [4.69, 9.17) is 0 Å². The van der Waals surface area contributed by atoms with Crippen LogP contribution in [0.5, 0.6) is 0 Å². The lowest BCUT2D eigenvalue weighted by Gasteiger charge is -2.23.